The van der Waals surface area contributed by atoms with Gasteiger partial charge >= 0.3 is 5.97 Å². The Hall–Kier alpha value is -4.39. The van der Waals surface area contributed by atoms with Gasteiger partial charge in [-0.3, -0.25) is 0 Å². The van der Waals surface area contributed by atoms with Crippen LogP contribution in [0.3, 0.4) is 0 Å². The summed E-state index contributed by atoms with van der Waals surface area (Å²) in [5, 5.41) is 4.42. The van der Waals surface area contributed by atoms with Gasteiger partial charge < -0.3 is 19.1 Å². The van der Waals surface area contributed by atoms with Gasteiger partial charge in [0.05, 0.1) is 10.5 Å². The van der Waals surface area contributed by atoms with Gasteiger partial charge in [0.25, 0.3) is 0 Å². The molecule has 5 heterocycles. The van der Waals surface area contributed by atoms with Gasteiger partial charge in [-0.1, -0.05) is 17.8 Å². The summed E-state index contributed by atoms with van der Waals surface area (Å²) in [6.07, 6.45) is 9.48. The molecule has 0 amide bonds. The first-order chi connectivity index (χ1) is 19.3. The Bertz CT molecular complexity index is 1700. The number of hydrogen-bond donors (Lipinski definition) is 0. The summed E-state index contributed by atoms with van der Waals surface area (Å²) in [4.78, 5) is 34.1. The molecule has 40 heavy (non-hydrogen) atoms. The molecular formula is C27H27N7O5S. The van der Waals surface area contributed by atoms with Crippen molar-refractivity contribution in [2.45, 2.75) is 30.1 Å². The normalized spacial score (nSPS) is 15.8. The van der Waals surface area contributed by atoms with Crippen LogP contribution in [0, 0.1) is 0 Å². The Kier molecular flexibility index (Phi) is 6.66. The maximum atomic E-state index is 12.0. The number of fused-ring (bicyclic) bond motifs is 2. The Labute approximate surface area is 230 Å². The van der Waals surface area contributed by atoms with E-state index in [1.807, 2.05) is 11.0 Å². The fourth-order valence-electron chi connectivity index (χ4n) is 5.22. The highest BCUT2D eigenvalue weighted by molar-refractivity contribution is 7.90. The van der Waals surface area contributed by atoms with Gasteiger partial charge in [-0.15, -0.1) is 0 Å². The first-order valence-corrected chi connectivity index (χ1v) is 14.8. The highest BCUT2D eigenvalue weighted by Gasteiger charge is 2.31. The number of benzene rings is 1. The SMILES string of the molecule is C=CCOC(=O)c1cnc(N2CCC(c3noc4c(N5CCc6cc(S(C)(=O)=O)ccc65)ncnc34)CC2)nc1. The molecule has 0 radical (unpaired) electrons. The largest absolute Gasteiger partial charge is 0.458 e. The van der Waals surface area contributed by atoms with Crippen LogP contribution in [-0.2, 0) is 21.0 Å². The van der Waals surface area contributed by atoms with E-state index in [4.69, 9.17) is 9.26 Å². The molecule has 13 heteroatoms. The van der Waals surface area contributed by atoms with Gasteiger partial charge in [0.2, 0.25) is 11.5 Å². The van der Waals surface area contributed by atoms with E-state index in [2.05, 4.69) is 36.6 Å². The van der Waals surface area contributed by atoms with Gasteiger partial charge in [0.15, 0.2) is 15.7 Å². The van der Waals surface area contributed by atoms with Crippen molar-refractivity contribution in [3.8, 4) is 0 Å². The van der Waals surface area contributed by atoms with Crippen molar-refractivity contribution in [1.82, 2.24) is 25.1 Å². The second-order valence-electron chi connectivity index (χ2n) is 9.83. The third kappa shape index (κ3) is 4.76. The fourth-order valence-corrected chi connectivity index (χ4v) is 5.89. The average Bonchev–Trinajstić information content (AvgIpc) is 3.60. The van der Waals surface area contributed by atoms with E-state index in [9.17, 15) is 13.2 Å². The molecule has 0 unspecified atom stereocenters. The summed E-state index contributed by atoms with van der Waals surface area (Å²) in [7, 11) is -3.29. The number of carbonyl (C=O) groups is 1. The van der Waals surface area contributed by atoms with Gasteiger partial charge in [-0.25, -0.2) is 33.1 Å². The lowest BCUT2D eigenvalue weighted by molar-refractivity contribution is 0.0548. The van der Waals surface area contributed by atoms with Gasteiger partial charge in [-0.05, 0) is 43.0 Å². The molecule has 206 valence electrons. The fraction of sp³-hybridized carbons (Fsp3) is 0.333. The summed E-state index contributed by atoms with van der Waals surface area (Å²) in [5.41, 5.74) is 4.14. The Morgan fingerprint density at radius 1 is 1.15 bits per heavy atom. The molecule has 4 aromatic rings. The number of ether oxygens (including phenoxy) is 1. The van der Waals surface area contributed by atoms with Crippen LogP contribution in [0.1, 0.15) is 40.4 Å². The summed E-state index contributed by atoms with van der Waals surface area (Å²) in [6, 6.07) is 5.17. The van der Waals surface area contributed by atoms with Gasteiger partial charge in [0, 0.05) is 49.9 Å². The van der Waals surface area contributed by atoms with Crippen LogP contribution >= 0.6 is 0 Å². The van der Waals surface area contributed by atoms with Crippen molar-refractivity contribution in [1.29, 1.82) is 0 Å². The molecule has 0 saturated carbocycles. The minimum Gasteiger partial charge on any atom is -0.458 e. The van der Waals surface area contributed by atoms with E-state index in [0.29, 0.717) is 59.4 Å². The number of rotatable bonds is 7. The number of nitrogens with zero attached hydrogens (tertiary/aromatic N) is 7. The highest BCUT2D eigenvalue weighted by Crippen LogP contribution is 2.40. The van der Waals surface area contributed by atoms with Crippen LogP contribution in [0.25, 0.3) is 11.1 Å². The van der Waals surface area contributed by atoms with Crippen LogP contribution in [0.15, 0.2) is 59.0 Å². The minimum absolute atomic E-state index is 0.134. The number of aromatic nitrogens is 5. The predicted octanol–water partition coefficient (Wildman–Crippen LogP) is 3.23. The number of esters is 1. The van der Waals surface area contributed by atoms with Crippen LogP contribution in [-0.4, -0.2) is 72.0 Å². The Balaban J connectivity index is 1.18. The number of carbonyl (C=O) groups excluding carboxylic acids is 1. The number of hydrogen-bond acceptors (Lipinski definition) is 12. The van der Waals surface area contributed by atoms with E-state index in [1.54, 1.807) is 12.1 Å². The molecule has 0 atom stereocenters. The molecule has 2 aliphatic heterocycles. The predicted molar refractivity (Wildman–Crippen MR) is 147 cm³/mol. The highest BCUT2D eigenvalue weighted by atomic mass is 32.2. The number of sulfone groups is 1. The minimum atomic E-state index is -3.29. The molecule has 3 aromatic heterocycles. The maximum absolute atomic E-state index is 12.0. The number of piperidine rings is 1. The summed E-state index contributed by atoms with van der Waals surface area (Å²) in [6.45, 7) is 5.73. The smallest absolute Gasteiger partial charge is 0.341 e. The summed E-state index contributed by atoms with van der Waals surface area (Å²) in [5.74, 6) is 0.823. The molecule has 1 saturated heterocycles. The second-order valence-corrected chi connectivity index (χ2v) is 11.8. The van der Waals surface area contributed by atoms with Crippen molar-refractivity contribution in [2.75, 3.05) is 42.3 Å². The lowest BCUT2D eigenvalue weighted by Crippen LogP contribution is -2.34. The molecular weight excluding hydrogens is 534 g/mol. The Morgan fingerprint density at radius 2 is 1.93 bits per heavy atom. The third-order valence-electron chi connectivity index (χ3n) is 7.26. The van der Waals surface area contributed by atoms with Crippen molar-refractivity contribution < 1.29 is 22.5 Å². The van der Waals surface area contributed by atoms with E-state index in [-0.39, 0.29) is 12.5 Å². The molecule has 0 bridgehead atoms. The summed E-state index contributed by atoms with van der Waals surface area (Å²) >= 11 is 0. The van der Waals surface area contributed by atoms with Crippen molar-refractivity contribution in [3.05, 3.63) is 66.4 Å². The van der Waals surface area contributed by atoms with E-state index in [1.165, 1.54) is 31.1 Å². The van der Waals surface area contributed by atoms with Crippen molar-refractivity contribution in [2.24, 2.45) is 0 Å². The standard InChI is InChI=1S/C27H27N7O5S/c1-3-12-38-26(35)19-14-28-27(29-15-19)33-9-6-17(7-10-33)22-23-24(39-32-22)25(31-16-30-23)34-11-8-18-13-20(40(2,36)37)4-5-21(18)34/h3-5,13-17H,1,6-12H2,2H3. The molecule has 1 fully saturated rings. The zero-order valence-corrected chi connectivity index (χ0v) is 22.7. The monoisotopic (exact) mass is 561 g/mol. The van der Waals surface area contributed by atoms with Crippen molar-refractivity contribution >= 4 is 44.4 Å². The molecule has 2 aliphatic rings. The van der Waals surface area contributed by atoms with E-state index >= 15 is 0 Å². The second kappa shape index (κ2) is 10.3. The topological polar surface area (TPSA) is 145 Å². The maximum Gasteiger partial charge on any atom is 0.341 e. The van der Waals surface area contributed by atoms with Crippen LogP contribution < -0.4 is 9.80 Å². The quantitative estimate of drug-likeness (QED) is 0.241. The molecule has 1 aromatic carbocycles. The van der Waals surface area contributed by atoms with E-state index < -0.39 is 15.8 Å². The van der Waals surface area contributed by atoms with Gasteiger partial charge in [0.1, 0.15) is 24.1 Å². The zero-order valence-electron chi connectivity index (χ0n) is 21.9. The van der Waals surface area contributed by atoms with Crippen LogP contribution in [0.5, 0.6) is 0 Å². The number of anilines is 3. The Morgan fingerprint density at radius 3 is 2.65 bits per heavy atom. The van der Waals surface area contributed by atoms with Crippen LogP contribution in [0.4, 0.5) is 17.5 Å². The average molecular weight is 562 g/mol. The first kappa shape index (κ1) is 25.9. The van der Waals surface area contributed by atoms with Crippen LogP contribution in [0.2, 0.25) is 0 Å². The molecule has 6 rings (SSSR count). The molecule has 0 N–H and O–H groups in total. The molecule has 0 aliphatic carbocycles. The molecule has 12 nitrogen and oxygen atoms in total. The summed E-state index contributed by atoms with van der Waals surface area (Å²) < 4.78 is 34.8. The first-order valence-electron chi connectivity index (χ1n) is 12.9. The van der Waals surface area contributed by atoms with E-state index in [0.717, 1.165) is 29.8 Å². The van der Waals surface area contributed by atoms with Gasteiger partial charge in [-0.2, -0.15) is 0 Å². The third-order valence-corrected chi connectivity index (χ3v) is 8.37. The molecule has 0 spiro atoms. The lowest BCUT2D eigenvalue weighted by atomic mass is 9.93. The lowest BCUT2D eigenvalue weighted by Gasteiger charge is -2.31. The zero-order chi connectivity index (χ0) is 27.9. The van der Waals surface area contributed by atoms with Crippen molar-refractivity contribution in [3.63, 3.8) is 0 Å².